The average molecular weight is 1250 g/mol. The molecule has 4 aliphatic rings. The van der Waals surface area contributed by atoms with Crippen LogP contribution in [0.5, 0.6) is 11.5 Å². The predicted molar refractivity (Wildman–Crippen MR) is 322 cm³/mol. The third-order valence-corrected chi connectivity index (χ3v) is 16.2. The predicted octanol–water partition coefficient (Wildman–Crippen LogP) is 9.34. The Labute approximate surface area is 497 Å². The highest BCUT2D eigenvalue weighted by Crippen LogP contribution is 2.41. The largest absolute Gasteiger partial charge is 0.491 e. The van der Waals surface area contributed by atoms with E-state index in [9.17, 15) is 14.9 Å². The van der Waals surface area contributed by atoms with Gasteiger partial charge in [-0.25, -0.2) is 0 Å². The molecule has 0 bridgehead atoms. The molecule has 0 saturated heterocycles. The summed E-state index contributed by atoms with van der Waals surface area (Å²) >= 11 is 15.0. The Hall–Kier alpha value is -9.30. The van der Waals surface area contributed by atoms with Gasteiger partial charge in [0.25, 0.3) is 11.1 Å². The van der Waals surface area contributed by atoms with Gasteiger partial charge in [0.1, 0.15) is 61.1 Å². The number of hydrogen-bond acceptors (Lipinski definition) is 15. The SMILES string of the molecule is N#Cc1ccc2c(c1)OCC1NC(C(Cc3ccccc3)n3ccc(-c4cc(Cl)ccc4-n4cnnn4)cc3=O)=NC21.O=c1cc(-c2cc(Cl)ccc2-n2cnnn2)ccn1C(Cc1ccccc1)C1=NC2c3ccc(I)cc3OCC2N1. The Kier molecular flexibility index (Phi) is 14.6. The molecule has 2 N–H and O–H groups in total. The number of nitrogens with zero attached hydrogens (tertiary/aromatic N) is 13. The smallest absolute Gasteiger partial charge is 0.251 e. The van der Waals surface area contributed by atoms with Gasteiger partial charge in [-0.3, -0.25) is 19.6 Å². The molecule has 0 saturated carbocycles. The van der Waals surface area contributed by atoms with Gasteiger partial charge in [-0.1, -0.05) is 96.0 Å². The van der Waals surface area contributed by atoms with Crippen molar-refractivity contribution in [3.8, 4) is 51.2 Å². The number of rotatable bonds is 12. The molecular weight excluding hydrogens is 1200 g/mol. The standard InChI is InChI=1S/C31H23ClN8O2.C30H23ClIN7O2/c32-22-7-9-26(40-18-34-37-38-40)24(15-22)21-10-11-39(29(41)14-21)27(12-19-4-2-1-3-5-19)31-35-25-17-42-28-13-20(16-33)6-8-23(28)30(25)36-31;31-20-6-9-25(39-17-33-36-37-39)23(14-20)19-10-11-38(28(40)13-19)26(12-18-4-2-1-3-5-18)30-34-24-16-41-27-15-21(32)7-8-22(27)29(24)35-30/h1-11,13-15,18,25,27,30H,12,17H2,(H,35,36);1-11,13-15,17,24,26,29H,12,16H2,(H,34,35). The summed E-state index contributed by atoms with van der Waals surface area (Å²) in [7, 11) is 0. The minimum absolute atomic E-state index is 0.00359. The van der Waals surface area contributed by atoms with Crippen LogP contribution in [0.15, 0.2) is 202 Å². The molecule has 4 aliphatic heterocycles. The molecule has 0 spiro atoms. The maximum atomic E-state index is 13.8. The maximum Gasteiger partial charge on any atom is 0.251 e. The summed E-state index contributed by atoms with van der Waals surface area (Å²) in [5, 5.41) is 40.5. The first-order chi connectivity index (χ1) is 40.6. The minimum Gasteiger partial charge on any atom is -0.491 e. The molecule has 4 aromatic heterocycles. The molecule has 8 heterocycles. The van der Waals surface area contributed by atoms with Gasteiger partial charge in [-0.05, 0) is 138 Å². The first-order valence-electron chi connectivity index (χ1n) is 26.5. The molecule has 0 radical (unpaired) electrons. The summed E-state index contributed by atoms with van der Waals surface area (Å²) in [6.45, 7) is 0.908. The molecule has 83 heavy (non-hydrogen) atoms. The molecule has 6 aromatic carbocycles. The quantitative estimate of drug-likeness (QED) is 0.109. The van der Waals surface area contributed by atoms with Crippen molar-refractivity contribution in [1.82, 2.24) is 60.2 Å². The van der Waals surface area contributed by atoms with Gasteiger partial charge in [-0.15, -0.1) is 10.2 Å². The lowest BCUT2D eigenvalue weighted by molar-refractivity contribution is 0.238. The van der Waals surface area contributed by atoms with Crippen LogP contribution < -0.4 is 31.2 Å². The number of halogens is 3. The van der Waals surface area contributed by atoms with E-state index in [1.807, 2.05) is 97.2 Å². The van der Waals surface area contributed by atoms with Crippen molar-refractivity contribution in [2.24, 2.45) is 9.98 Å². The molecule has 0 aliphatic carbocycles. The Morgan fingerprint density at radius 3 is 1.53 bits per heavy atom. The van der Waals surface area contributed by atoms with Crippen LogP contribution >= 0.6 is 45.8 Å². The lowest BCUT2D eigenvalue weighted by atomic mass is 9.97. The first kappa shape index (κ1) is 53.0. The zero-order chi connectivity index (χ0) is 56.6. The van der Waals surface area contributed by atoms with E-state index >= 15 is 0 Å². The highest BCUT2D eigenvalue weighted by molar-refractivity contribution is 14.1. The molecule has 0 fully saturated rings. The van der Waals surface area contributed by atoms with Gasteiger partial charge < -0.3 is 29.2 Å². The van der Waals surface area contributed by atoms with Crippen LogP contribution in [0.3, 0.4) is 0 Å². The average Bonchev–Trinajstić information content (AvgIpc) is 3.85. The molecule has 10 aromatic rings. The number of hydrogen-bond donors (Lipinski definition) is 2. The van der Waals surface area contributed by atoms with Gasteiger partial charge in [-0.2, -0.15) is 14.6 Å². The van der Waals surface area contributed by atoms with Crippen molar-refractivity contribution < 1.29 is 9.47 Å². The molecule has 19 nitrogen and oxygen atoms in total. The van der Waals surface area contributed by atoms with Crippen molar-refractivity contribution in [3.63, 3.8) is 0 Å². The number of aliphatic imine (C=N–C) groups is 2. The monoisotopic (exact) mass is 1250 g/mol. The normalized spacial score (nSPS) is 17.9. The third kappa shape index (κ3) is 10.9. The van der Waals surface area contributed by atoms with E-state index in [4.69, 9.17) is 42.7 Å². The van der Waals surface area contributed by atoms with Gasteiger partial charge in [0, 0.05) is 73.2 Å². The number of nitrogens with one attached hydrogen (secondary N) is 2. The second-order valence-corrected chi connectivity index (χ2v) is 22.3. The number of nitriles is 1. The molecule has 22 heteroatoms. The third-order valence-electron chi connectivity index (χ3n) is 15.1. The summed E-state index contributed by atoms with van der Waals surface area (Å²) in [5.41, 5.74) is 8.65. The lowest BCUT2D eigenvalue weighted by Crippen LogP contribution is -2.43. The van der Waals surface area contributed by atoms with Crippen LogP contribution in [0.2, 0.25) is 10.0 Å². The summed E-state index contributed by atoms with van der Waals surface area (Å²) in [6, 6.07) is 50.7. The van der Waals surface area contributed by atoms with Gasteiger partial charge in [0.15, 0.2) is 0 Å². The van der Waals surface area contributed by atoms with E-state index in [0.717, 1.165) is 54.2 Å². The zero-order valence-corrected chi connectivity index (χ0v) is 47.4. The van der Waals surface area contributed by atoms with Crippen LogP contribution in [-0.4, -0.2) is 86.5 Å². The van der Waals surface area contributed by atoms with Crippen molar-refractivity contribution in [3.05, 3.63) is 245 Å². The highest BCUT2D eigenvalue weighted by Gasteiger charge is 2.40. The van der Waals surface area contributed by atoms with Crippen LogP contribution in [0.25, 0.3) is 33.6 Å². The number of pyridine rings is 2. The summed E-state index contributed by atoms with van der Waals surface area (Å²) in [4.78, 5) is 37.9. The Bertz CT molecular complexity index is 4290. The molecule has 410 valence electrons. The van der Waals surface area contributed by atoms with Crippen LogP contribution in [0.4, 0.5) is 0 Å². The van der Waals surface area contributed by atoms with Crippen LogP contribution in [0.1, 0.15) is 52.0 Å². The van der Waals surface area contributed by atoms with Gasteiger partial charge in [0.2, 0.25) is 0 Å². The number of aromatic nitrogens is 10. The van der Waals surface area contributed by atoms with Crippen LogP contribution in [-0.2, 0) is 12.8 Å². The van der Waals surface area contributed by atoms with Gasteiger partial charge >= 0.3 is 0 Å². The first-order valence-corrected chi connectivity index (χ1v) is 28.3. The molecule has 0 amide bonds. The highest BCUT2D eigenvalue weighted by atomic mass is 127. The number of ether oxygens (including phenoxy) is 2. The second kappa shape index (κ2) is 22.9. The number of amidine groups is 2. The summed E-state index contributed by atoms with van der Waals surface area (Å²) < 4.78 is 19.7. The maximum absolute atomic E-state index is 13.8. The molecule has 14 rings (SSSR count). The van der Waals surface area contributed by atoms with Gasteiger partial charge in [0.05, 0.1) is 47.2 Å². The van der Waals surface area contributed by atoms with E-state index < -0.39 is 0 Å². The summed E-state index contributed by atoms with van der Waals surface area (Å²) in [6.07, 6.45) is 7.78. The Balaban J connectivity index is 0.000000155. The van der Waals surface area contributed by atoms with E-state index in [-0.39, 0.29) is 47.4 Å². The van der Waals surface area contributed by atoms with Crippen molar-refractivity contribution >= 4 is 57.5 Å². The fraction of sp³-hybridized carbons (Fsp3) is 0.164. The van der Waals surface area contributed by atoms with Crippen molar-refractivity contribution in [1.29, 1.82) is 5.26 Å². The summed E-state index contributed by atoms with van der Waals surface area (Å²) in [5.74, 6) is 3.02. The topological polar surface area (TPSA) is 222 Å². The molecule has 6 unspecified atom stereocenters. The Morgan fingerprint density at radius 1 is 0.590 bits per heavy atom. The second-order valence-electron chi connectivity index (χ2n) is 20.2. The fourth-order valence-corrected chi connectivity index (χ4v) is 11.9. The molecular formula is C61H46Cl2IN15O4. The minimum atomic E-state index is -0.389. The van der Waals surface area contributed by atoms with Crippen molar-refractivity contribution in [2.45, 2.75) is 49.1 Å². The van der Waals surface area contributed by atoms with Crippen LogP contribution in [0, 0.1) is 14.9 Å². The molecule has 6 atom stereocenters. The number of fused-ring (bicyclic) bond motifs is 6. The zero-order valence-electron chi connectivity index (χ0n) is 43.7. The lowest BCUT2D eigenvalue weighted by Gasteiger charge is -2.27. The number of benzene rings is 6. The van der Waals surface area contributed by atoms with E-state index in [0.29, 0.717) is 70.1 Å². The van der Waals surface area contributed by atoms with E-state index in [1.54, 1.807) is 62.5 Å². The van der Waals surface area contributed by atoms with Crippen molar-refractivity contribution in [2.75, 3.05) is 13.2 Å². The number of tetrazole rings is 2. The Morgan fingerprint density at radius 2 is 1.07 bits per heavy atom. The van der Waals surface area contributed by atoms with E-state index in [1.165, 1.54) is 17.3 Å². The van der Waals surface area contributed by atoms with E-state index in [2.05, 4.69) is 94.6 Å². The fourth-order valence-electron chi connectivity index (χ4n) is 11.1.